The lowest BCUT2D eigenvalue weighted by molar-refractivity contribution is -0.120. The molecule has 3 aromatic heterocycles. The summed E-state index contributed by atoms with van der Waals surface area (Å²) in [6.45, 7) is 0.162. The fourth-order valence-corrected chi connectivity index (χ4v) is 4.98. The van der Waals surface area contributed by atoms with Gasteiger partial charge in [-0.25, -0.2) is 0 Å². The number of fused-ring (bicyclic) bond motifs is 2. The molecule has 5 aromatic rings. The average Bonchev–Trinajstić information content (AvgIpc) is 3.36. The van der Waals surface area contributed by atoms with Gasteiger partial charge in [-0.2, -0.15) is 0 Å². The van der Waals surface area contributed by atoms with Crippen molar-refractivity contribution in [2.75, 3.05) is 5.32 Å². The molecule has 1 aliphatic rings. The van der Waals surface area contributed by atoms with E-state index in [1.807, 2.05) is 18.2 Å². The van der Waals surface area contributed by atoms with E-state index < -0.39 is 6.04 Å². The SMILES string of the molecule is O=C(c1ccc(CN2C(=O)c3ccc(Cl)cc3NC(=O)C2Cc2ccccn2)cc1)c1c[nH]c2cccnc12. The summed E-state index contributed by atoms with van der Waals surface area (Å²) < 4.78 is 0. The van der Waals surface area contributed by atoms with Gasteiger partial charge < -0.3 is 15.2 Å². The van der Waals surface area contributed by atoms with Gasteiger partial charge in [0.2, 0.25) is 5.91 Å². The van der Waals surface area contributed by atoms with Gasteiger partial charge in [-0.15, -0.1) is 0 Å². The smallest absolute Gasteiger partial charge is 0.256 e. The highest BCUT2D eigenvalue weighted by Crippen LogP contribution is 2.29. The highest BCUT2D eigenvalue weighted by atomic mass is 35.5. The summed E-state index contributed by atoms with van der Waals surface area (Å²) >= 11 is 6.15. The summed E-state index contributed by atoms with van der Waals surface area (Å²) in [5, 5.41) is 3.29. The maximum Gasteiger partial charge on any atom is 0.256 e. The molecule has 0 spiro atoms. The van der Waals surface area contributed by atoms with Crippen molar-refractivity contribution < 1.29 is 14.4 Å². The third-order valence-electron chi connectivity index (χ3n) is 6.79. The van der Waals surface area contributed by atoms with E-state index in [0.29, 0.717) is 38.6 Å². The van der Waals surface area contributed by atoms with Crippen LogP contribution in [0.15, 0.2) is 91.4 Å². The van der Waals surface area contributed by atoms with Crippen LogP contribution in [0.3, 0.4) is 0 Å². The molecule has 0 fully saturated rings. The fraction of sp³-hybridized carbons (Fsp3) is 0.100. The van der Waals surface area contributed by atoms with Crippen molar-refractivity contribution in [3.05, 3.63) is 124 Å². The molecule has 6 rings (SSSR count). The zero-order valence-corrected chi connectivity index (χ0v) is 21.4. The first-order valence-electron chi connectivity index (χ1n) is 12.3. The van der Waals surface area contributed by atoms with Crippen molar-refractivity contribution >= 4 is 45.9 Å². The van der Waals surface area contributed by atoms with Crippen LogP contribution in [0, 0.1) is 0 Å². The quantitative estimate of drug-likeness (QED) is 0.296. The van der Waals surface area contributed by atoms with Crippen LogP contribution in [0.4, 0.5) is 5.69 Å². The zero-order valence-electron chi connectivity index (χ0n) is 20.6. The second-order valence-electron chi connectivity index (χ2n) is 9.28. The molecule has 39 heavy (non-hydrogen) atoms. The monoisotopic (exact) mass is 535 g/mol. The molecule has 4 heterocycles. The van der Waals surface area contributed by atoms with E-state index in [9.17, 15) is 14.4 Å². The largest absolute Gasteiger partial charge is 0.359 e. The van der Waals surface area contributed by atoms with Crippen molar-refractivity contribution in [2.24, 2.45) is 0 Å². The minimum Gasteiger partial charge on any atom is -0.359 e. The number of carbonyl (C=O) groups is 3. The molecule has 8 nitrogen and oxygen atoms in total. The van der Waals surface area contributed by atoms with Crippen LogP contribution in [-0.4, -0.2) is 43.5 Å². The molecule has 2 N–H and O–H groups in total. The second-order valence-corrected chi connectivity index (χ2v) is 9.72. The number of nitrogens with zero attached hydrogens (tertiary/aromatic N) is 3. The van der Waals surface area contributed by atoms with Crippen LogP contribution in [0.2, 0.25) is 5.02 Å². The van der Waals surface area contributed by atoms with Crippen LogP contribution in [0.1, 0.15) is 37.5 Å². The van der Waals surface area contributed by atoms with Gasteiger partial charge in [-0.3, -0.25) is 24.4 Å². The number of hydrogen-bond donors (Lipinski definition) is 2. The molecule has 0 saturated heterocycles. The van der Waals surface area contributed by atoms with Crippen LogP contribution in [-0.2, 0) is 17.8 Å². The highest BCUT2D eigenvalue weighted by molar-refractivity contribution is 6.31. The van der Waals surface area contributed by atoms with E-state index in [0.717, 1.165) is 11.1 Å². The van der Waals surface area contributed by atoms with Crippen LogP contribution >= 0.6 is 11.6 Å². The third-order valence-corrected chi connectivity index (χ3v) is 7.02. The lowest BCUT2D eigenvalue weighted by atomic mass is 10.0. The number of ketones is 1. The standard InChI is InChI=1S/C30H22ClN5O3/c31-20-10-11-22-25(14-20)35-29(38)26(15-21-4-1-2-12-32-21)36(30(22)39)17-18-6-8-19(9-7-18)28(37)23-16-34-24-5-3-13-33-27(23)24/h1-14,16,26,34H,15,17H2,(H,35,38). The molecule has 0 radical (unpaired) electrons. The summed E-state index contributed by atoms with van der Waals surface area (Å²) in [6.07, 6.45) is 5.21. The number of H-pyrrole nitrogens is 1. The minimum atomic E-state index is -0.808. The molecular formula is C30H22ClN5O3. The van der Waals surface area contributed by atoms with Gasteiger partial charge in [0.1, 0.15) is 6.04 Å². The topological polar surface area (TPSA) is 108 Å². The Bertz CT molecular complexity index is 1720. The van der Waals surface area contributed by atoms with Gasteiger partial charge in [-0.1, -0.05) is 41.9 Å². The summed E-state index contributed by atoms with van der Waals surface area (Å²) in [4.78, 5) is 53.6. The van der Waals surface area contributed by atoms with Crippen molar-refractivity contribution in [1.82, 2.24) is 19.9 Å². The van der Waals surface area contributed by atoms with Crippen molar-refractivity contribution in [3.8, 4) is 0 Å². The van der Waals surface area contributed by atoms with Gasteiger partial charge >= 0.3 is 0 Å². The summed E-state index contributed by atoms with van der Waals surface area (Å²) in [5.74, 6) is -0.782. The third kappa shape index (κ3) is 4.78. The lowest BCUT2D eigenvalue weighted by Crippen LogP contribution is -2.46. The van der Waals surface area contributed by atoms with E-state index in [1.165, 1.54) is 0 Å². The molecule has 1 atom stereocenters. The number of hydrogen-bond acceptors (Lipinski definition) is 5. The number of rotatable bonds is 6. The van der Waals surface area contributed by atoms with Crippen molar-refractivity contribution in [2.45, 2.75) is 19.0 Å². The summed E-state index contributed by atoms with van der Waals surface area (Å²) in [5.41, 5.74) is 4.58. The predicted octanol–water partition coefficient (Wildman–Crippen LogP) is 5.05. The second kappa shape index (κ2) is 10.2. The number of aromatic nitrogens is 3. The average molecular weight is 536 g/mol. The molecule has 2 amide bonds. The number of nitrogens with one attached hydrogen (secondary N) is 2. The van der Waals surface area contributed by atoms with E-state index in [1.54, 1.807) is 78.1 Å². The number of aromatic amines is 1. The molecule has 192 valence electrons. The van der Waals surface area contributed by atoms with E-state index in [4.69, 9.17) is 11.6 Å². The van der Waals surface area contributed by atoms with E-state index >= 15 is 0 Å². The van der Waals surface area contributed by atoms with Crippen molar-refractivity contribution in [1.29, 1.82) is 0 Å². The van der Waals surface area contributed by atoms with Gasteiger partial charge in [-0.05, 0) is 48.0 Å². The first kappa shape index (κ1) is 24.5. The Kier molecular flexibility index (Phi) is 6.38. The predicted molar refractivity (Wildman–Crippen MR) is 148 cm³/mol. The minimum absolute atomic E-state index is 0.157. The molecule has 1 unspecified atom stereocenters. The van der Waals surface area contributed by atoms with Gasteiger partial charge in [0, 0.05) is 47.8 Å². The Balaban J connectivity index is 1.31. The molecule has 0 saturated carbocycles. The molecule has 0 bridgehead atoms. The number of amides is 2. The van der Waals surface area contributed by atoms with Gasteiger partial charge in [0.15, 0.2) is 5.78 Å². The van der Waals surface area contributed by atoms with Crippen LogP contribution in [0.25, 0.3) is 11.0 Å². The Hall–Kier alpha value is -4.82. The summed E-state index contributed by atoms with van der Waals surface area (Å²) in [6, 6.07) is 20.2. The number of carbonyl (C=O) groups excluding carboxylic acids is 3. The number of halogens is 1. The van der Waals surface area contributed by atoms with E-state index in [2.05, 4.69) is 20.3 Å². The molecule has 9 heteroatoms. The molecule has 2 aromatic carbocycles. The maximum absolute atomic E-state index is 13.8. The Morgan fingerprint density at radius 2 is 1.77 bits per heavy atom. The summed E-state index contributed by atoms with van der Waals surface area (Å²) in [7, 11) is 0. The van der Waals surface area contributed by atoms with E-state index in [-0.39, 0.29) is 30.6 Å². The Morgan fingerprint density at radius 3 is 2.56 bits per heavy atom. The van der Waals surface area contributed by atoms with Crippen LogP contribution < -0.4 is 5.32 Å². The maximum atomic E-state index is 13.8. The van der Waals surface area contributed by atoms with Crippen molar-refractivity contribution in [3.63, 3.8) is 0 Å². The Morgan fingerprint density at radius 1 is 0.949 bits per heavy atom. The number of anilines is 1. The van der Waals surface area contributed by atoms with Gasteiger partial charge in [0.05, 0.1) is 27.8 Å². The first-order chi connectivity index (χ1) is 19.0. The number of benzene rings is 2. The zero-order chi connectivity index (χ0) is 26.9. The fourth-order valence-electron chi connectivity index (χ4n) is 4.80. The number of pyridine rings is 2. The normalized spacial score (nSPS) is 15.1. The lowest BCUT2D eigenvalue weighted by Gasteiger charge is -2.28. The highest BCUT2D eigenvalue weighted by Gasteiger charge is 2.36. The molecule has 1 aliphatic heterocycles. The first-order valence-corrected chi connectivity index (χ1v) is 12.7. The Labute approximate surface area is 228 Å². The van der Waals surface area contributed by atoms with Gasteiger partial charge in [0.25, 0.3) is 5.91 Å². The molecular weight excluding hydrogens is 514 g/mol. The van der Waals surface area contributed by atoms with Crippen LogP contribution in [0.5, 0.6) is 0 Å². The molecule has 0 aliphatic carbocycles.